The molecule has 0 spiro atoms. The van der Waals surface area contributed by atoms with Crippen molar-refractivity contribution >= 4 is 0 Å². The van der Waals surface area contributed by atoms with Crippen LogP contribution >= 0.6 is 0 Å². The maximum atomic E-state index is 9.38. The first-order valence-corrected chi connectivity index (χ1v) is 8.93. The van der Waals surface area contributed by atoms with Crippen molar-refractivity contribution in [1.82, 2.24) is 0 Å². The summed E-state index contributed by atoms with van der Waals surface area (Å²) in [6.45, 7) is 4.91. The molecule has 0 amide bonds. The summed E-state index contributed by atoms with van der Waals surface area (Å²) < 4.78 is 6.40. The van der Waals surface area contributed by atoms with Crippen molar-refractivity contribution in [3.8, 4) is 5.75 Å². The van der Waals surface area contributed by atoms with E-state index in [0.29, 0.717) is 17.6 Å². The lowest BCUT2D eigenvalue weighted by Crippen LogP contribution is -3.00. The van der Waals surface area contributed by atoms with Crippen LogP contribution in [-0.4, -0.2) is 54.3 Å². The van der Waals surface area contributed by atoms with Crippen molar-refractivity contribution in [3.05, 3.63) is 30.3 Å². The van der Waals surface area contributed by atoms with Gasteiger partial charge in [-0.25, -0.2) is 0 Å². The first-order valence-electron chi connectivity index (χ1n) is 8.93. The molecule has 4 nitrogen and oxygen atoms in total. The van der Waals surface area contributed by atoms with Crippen LogP contribution in [0.15, 0.2) is 30.3 Å². The molecule has 0 aliphatic heterocycles. The fourth-order valence-electron chi connectivity index (χ4n) is 2.86. The van der Waals surface area contributed by atoms with Gasteiger partial charge in [-0.2, -0.15) is 0 Å². The summed E-state index contributed by atoms with van der Waals surface area (Å²) in [5.41, 5.74) is 0. The molecule has 1 unspecified atom stereocenters. The Morgan fingerprint density at radius 1 is 0.958 bits per heavy atom. The van der Waals surface area contributed by atoms with Gasteiger partial charge in [0.15, 0.2) is 0 Å². The molecule has 140 valence electrons. The number of hydrogen-bond donors (Lipinski definition) is 2. The maximum Gasteiger partial charge on any atom is 0.202 e. The minimum atomic E-state index is -1.27. The zero-order chi connectivity index (χ0) is 17.0. The Balaban J connectivity index is 0.00000529. The van der Waals surface area contributed by atoms with Crippen molar-refractivity contribution < 1.29 is 36.4 Å². The molecule has 0 fully saturated rings. The van der Waals surface area contributed by atoms with Gasteiger partial charge in [-0.3, -0.25) is 0 Å². The van der Waals surface area contributed by atoms with Crippen LogP contribution in [0.1, 0.15) is 45.4 Å². The summed E-state index contributed by atoms with van der Waals surface area (Å²) in [4.78, 5) is 0. The molecule has 24 heavy (non-hydrogen) atoms. The fourth-order valence-corrected chi connectivity index (χ4v) is 2.86. The van der Waals surface area contributed by atoms with Gasteiger partial charge in [0.1, 0.15) is 25.4 Å². The van der Waals surface area contributed by atoms with Gasteiger partial charge in [-0.15, -0.1) is 0 Å². The maximum absolute atomic E-state index is 9.38. The summed E-state index contributed by atoms with van der Waals surface area (Å²) in [6, 6.07) is 9.76. The number of benzene rings is 1. The highest BCUT2D eigenvalue weighted by Gasteiger charge is 2.24. The van der Waals surface area contributed by atoms with E-state index in [1.54, 1.807) is 0 Å². The third kappa shape index (κ3) is 11.0. The first kappa shape index (κ1) is 23.4. The SMILES string of the molecule is CCCCCCCC[N+](C)(CCOc1ccccc1)CC(O)O.[Br-]. The Bertz CT molecular complexity index is 403. The molecule has 2 N–H and O–H groups in total. The minimum absolute atomic E-state index is 0. The number of hydrogen-bond acceptors (Lipinski definition) is 3. The number of rotatable bonds is 13. The molecule has 1 aromatic rings. The van der Waals surface area contributed by atoms with E-state index in [4.69, 9.17) is 4.74 Å². The Kier molecular flexibility index (Phi) is 13.3. The number of halogens is 1. The standard InChI is InChI=1S/C19H34NO3.BrH/c1-3-4-5-6-7-11-14-20(2,17-19(21)22)15-16-23-18-12-9-8-10-13-18;/h8-10,12-13,19,21-22H,3-7,11,14-17H2,1-2H3;1H/q+1;/p-1. The van der Waals surface area contributed by atoms with E-state index in [1.807, 2.05) is 30.3 Å². The van der Waals surface area contributed by atoms with Gasteiger partial charge in [0.2, 0.25) is 6.29 Å². The van der Waals surface area contributed by atoms with Gasteiger partial charge in [0.25, 0.3) is 0 Å². The number of ether oxygens (including phenoxy) is 1. The summed E-state index contributed by atoms with van der Waals surface area (Å²) in [5.74, 6) is 0.864. The van der Waals surface area contributed by atoms with Gasteiger partial charge in [0, 0.05) is 0 Å². The zero-order valence-corrected chi connectivity index (χ0v) is 16.7. The van der Waals surface area contributed by atoms with Crippen LogP contribution in [0.2, 0.25) is 0 Å². The first-order chi connectivity index (χ1) is 11.1. The Hall–Kier alpha value is -0.620. The Morgan fingerprint density at radius 3 is 2.21 bits per heavy atom. The van der Waals surface area contributed by atoms with Gasteiger partial charge < -0.3 is 36.4 Å². The van der Waals surface area contributed by atoms with Crippen molar-refractivity contribution in [1.29, 1.82) is 0 Å². The quantitative estimate of drug-likeness (QED) is 0.280. The molecule has 0 aliphatic carbocycles. The number of nitrogens with zero attached hydrogens (tertiary/aromatic N) is 1. The predicted octanol–water partition coefficient (Wildman–Crippen LogP) is 0.187. The second kappa shape index (κ2) is 13.6. The van der Waals surface area contributed by atoms with Crippen LogP contribution in [0.4, 0.5) is 0 Å². The average Bonchev–Trinajstić information content (AvgIpc) is 2.51. The molecule has 1 atom stereocenters. The lowest BCUT2D eigenvalue weighted by molar-refractivity contribution is -0.915. The number of quaternary nitrogens is 1. The summed E-state index contributed by atoms with van der Waals surface area (Å²) in [7, 11) is 2.08. The number of likely N-dealkylation sites (N-methyl/N-ethyl adjacent to an activating group) is 1. The highest BCUT2D eigenvalue weighted by atomic mass is 79.9. The lowest BCUT2D eigenvalue weighted by Gasteiger charge is -2.35. The zero-order valence-electron chi connectivity index (χ0n) is 15.2. The van der Waals surface area contributed by atoms with E-state index in [0.717, 1.165) is 25.3 Å². The topological polar surface area (TPSA) is 49.7 Å². The summed E-state index contributed by atoms with van der Waals surface area (Å²) in [5, 5.41) is 18.8. The Morgan fingerprint density at radius 2 is 1.58 bits per heavy atom. The van der Waals surface area contributed by atoms with Crippen molar-refractivity contribution in [2.75, 3.05) is 33.3 Å². The molecular formula is C19H34BrNO3. The Labute approximate surface area is 157 Å². The van der Waals surface area contributed by atoms with Gasteiger partial charge in [0.05, 0.1) is 13.6 Å². The highest BCUT2D eigenvalue weighted by Crippen LogP contribution is 2.13. The van der Waals surface area contributed by atoms with E-state index >= 15 is 0 Å². The van der Waals surface area contributed by atoms with Crippen LogP contribution in [0.25, 0.3) is 0 Å². The summed E-state index contributed by atoms with van der Waals surface area (Å²) >= 11 is 0. The lowest BCUT2D eigenvalue weighted by atomic mass is 10.1. The fraction of sp³-hybridized carbons (Fsp3) is 0.684. The van der Waals surface area contributed by atoms with E-state index in [2.05, 4.69) is 14.0 Å². The van der Waals surface area contributed by atoms with Crippen LogP contribution in [0, 0.1) is 0 Å². The predicted molar refractivity (Wildman–Crippen MR) is 94.3 cm³/mol. The van der Waals surface area contributed by atoms with Crippen LogP contribution in [-0.2, 0) is 0 Å². The summed E-state index contributed by atoms with van der Waals surface area (Å²) in [6.07, 6.45) is 6.23. The van der Waals surface area contributed by atoms with Crippen LogP contribution < -0.4 is 21.7 Å². The van der Waals surface area contributed by atoms with Gasteiger partial charge >= 0.3 is 0 Å². The van der Waals surface area contributed by atoms with Crippen LogP contribution in [0.3, 0.4) is 0 Å². The molecule has 0 saturated heterocycles. The molecule has 5 heteroatoms. The van der Waals surface area contributed by atoms with Crippen molar-refractivity contribution in [2.24, 2.45) is 0 Å². The smallest absolute Gasteiger partial charge is 0.202 e. The second-order valence-corrected chi connectivity index (χ2v) is 6.66. The molecule has 1 rings (SSSR count). The number of aliphatic hydroxyl groups excluding tert-OH is 1. The monoisotopic (exact) mass is 403 g/mol. The normalized spacial score (nSPS) is 13.4. The average molecular weight is 404 g/mol. The molecule has 0 bridgehead atoms. The molecule has 0 radical (unpaired) electrons. The molecule has 1 aromatic carbocycles. The van der Waals surface area contributed by atoms with E-state index in [1.165, 1.54) is 32.1 Å². The number of aliphatic hydroxyl groups is 2. The van der Waals surface area contributed by atoms with Crippen LogP contribution in [0.5, 0.6) is 5.75 Å². The van der Waals surface area contributed by atoms with Gasteiger partial charge in [-0.05, 0) is 25.0 Å². The highest BCUT2D eigenvalue weighted by molar-refractivity contribution is 5.20. The van der Waals surface area contributed by atoms with Crippen molar-refractivity contribution in [3.63, 3.8) is 0 Å². The van der Waals surface area contributed by atoms with E-state index < -0.39 is 6.29 Å². The molecular weight excluding hydrogens is 370 g/mol. The molecule has 0 heterocycles. The van der Waals surface area contributed by atoms with Gasteiger partial charge in [-0.1, -0.05) is 50.8 Å². The minimum Gasteiger partial charge on any atom is -1.00 e. The largest absolute Gasteiger partial charge is 1.00 e. The number of para-hydroxylation sites is 1. The van der Waals surface area contributed by atoms with E-state index in [9.17, 15) is 10.2 Å². The van der Waals surface area contributed by atoms with E-state index in [-0.39, 0.29) is 17.0 Å². The van der Waals surface area contributed by atoms with Crippen molar-refractivity contribution in [2.45, 2.75) is 51.7 Å². The molecule has 0 saturated carbocycles. The third-order valence-electron chi connectivity index (χ3n) is 4.30. The molecule has 0 aromatic heterocycles. The third-order valence-corrected chi connectivity index (χ3v) is 4.30. The second-order valence-electron chi connectivity index (χ2n) is 6.66. The number of unbranched alkanes of at least 4 members (excludes halogenated alkanes) is 5. The molecule has 0 aliphatic rings.